The normalized spacial score (nSPS) is 10.3. The van der Waals surface area contributed by atoms with E-state index in [9.17, 15) is 4.79 Å². The van der Waals surface area contributed by atoms with Gasteiger partial charge in [-0.3, -0.25) is 4.79 Å². The fourth-order valence-electron chi connectivity index (χ4n) is 1.93. The van der Waals surface area contributed by atoms with Crippen molar-refractivity contribution in [1.82, 2.24) is 15.0 Å². The van der Waals surface area contributed by atoms with Gasteiger partial charge in [0, 0.05) is 11.1 Å². The molecule has 0 aliphatic rings. The smallest absolute Gasteiger partial charge is 0.150 e. The van der Waals surface area contributed by atoms with E-state index in [-0.39, 0.29) is 0 Å². The molecule has 0 bridgehead atoms. The van der Waals surface area contributed by atoms with Gasteiger partial charge in [0.25, 0.3) is 0 Å². The summed E-state index contributed by atoms with van der Waals surface area (Å²) in [4.78, 5) is 10.7. The number of rotatable bonds is 3. The van der Waals surface area contributed by atoms with E-state index >= 15 is 0 Å². The van der Waals surface area contributed by atoms with E-state index < -0.39 is 0 Å². The van der Waals surface area contributed by atoms with Gasteiger partial charge in [-0.2, -0.15) is 0 Å². The lowest BCUT2D eigenvalue weighted by Crippen LogP contribution is -1.99. The lowest BCUT2D eigenvalue weighted by molar-refractivity contribution is 0.112. The molecular formula is C15H11N3O. The molecule has 0 aliphatic carbocycles. The van der Waals surface area contributed by atoms with Gasteiger partial charge < -0.3 is 0 Å². The van der Waals surface area contributed by atoms with Crippen LogP contribution in [0.1, 0.15) is 10.4 Å². The predicted octanol–water partition coefficient (Wildman–Crippen LogP) is 2.75. The van der Waals surface area contributed by atoms with Crippen LogP contribution in [0, 0.1) is 0 Å². The molecule has 4 nitrogen and oxygen atoms in total. The van der Waals surface area contributed by atoms with Crippen LogP contribution in [0.4, 0.5) is 0 Å². The minimum atomic E-state index is 0.644. The fraction of sp³-hybridized carbons (Fsp3) is 0. The van der Waals surface area contributed by atoms with E-state index in [1.807, 2.05) is 42.5 Å². The fourth-order valence-corrected chi connectivity index (χ4v) is 1.93. The van der Waals surface area contributed by atoms with Crippen molar-refractivity contribution in [3.8, 4) is 16.9 Å². The van der Waals surface area contributed by atoms with Gasteiger partial charge in [-0.15, -0.1) is 5.10 Å². The molecule has 0 spiro atoms. The molecule has 2 aromatic carbocycles. The summed E-state index contributed by atoms with van der Waals surface area (Å²) < 4.78 is 1.75. The maximum atomic E-state index is 10.7. The Morgan fingerprint density at radius 2 is 1.68 bits per heavy atom. The standard InChI is InChI=1S/C15H11N3O/c19-11-12-6-8-14(9-7-12)18-15(10-16-17-18)13-4-2-1-3-5-13/h1-11H. The third kappa shape index (κ3) is 2.15. The van der Waals surface area contributed by atoms with Crippen molar-refractivity contribution in [3.05, 3.63) is 66.4 Å². The predicted molar refractivity (Wildman–Crippen MR) is 72.2 cm³/mol. The quantitative estimate of drug-likeness (QED) is 0.670. The van der Waals surface area contributed by atoms with E-state index in [0.29, 0.717) is 5.56 Å². The first-order chi connectivity index (χ1) is 9.38. The maximum Gasteiger partial charge on any atom is 0.150 e. The maximum absolute atomic E-state index is 10.7. The van der Waals surface area contributed by atoms with E-state index in [0.717, 1.165) is 23.2 Å². The summed E-state index contributed by atoms with van der Waals surface area (Å²) in [6.45, 7) is 0. The van der Waals surface area contributed by atoms with Crippen molar-refractivity contribution in [2.45, 2.75) is 0 Å². The first-order valence-electron chi connectivity index (χ1n) is 5.90. The van der Waals surface area contributed by atoms with Crippen molar-refractivity contribution in [1.29, 1.82) is 0 Å². The average Bonchev–Trinajstić information content (AvgIpc) is 2.98. The second kappa shape index (κ2) is 4.86. The molecule has 0 fully saturated rings. The molecule has 3 aromatic rings. The van der Waals surface area contributed by atoms with Crippen molar-refractivity contribution in [2.24, 2.45) is 0 Å². The summed E-state index contributed by atoms with van der Waals surface area (Å²) >= 11 is 0. The van der Waals surface area contributed by atoms with Crippen LogP contribution in [0.25, 0.3) is 16.9 Å². The number of aromatic nitrogens is 3. The van der Waals surface area contributed by atoms with E-state index in [4.69, 9.17) is 0 Å². The second-order valence-electron chi connectivity index (χ2n) is 4.11. The summed E-state index contributed by atoms with van der Waals surface area (Å²) in [7, 11) is 0. The Kier molecular flexibility index (Phi) is 2.90. The van der Waals surface area contributed by atoms with Crippen LogP contribution < -0.4 is 0 Å². The number of aldehydes is 1. The molecule has 0 amide bonds. The molecule has 1 heterocycles. The van der Waals surface area contributed by atoms with Gasteiger partial charge in [-0.25, -0.2) is 4.68 Å². The molecule has 0 unspecified atom stereocenters. The molecule has 0 saturated carbocycles. The van der Waals surface area contributed by atoms with Crippen LogP contribution in [0.2, 0.25) is 0 Å². The molecule has 3 rings (SSSR count). The number of benzene rings is 2. The third-order valence-corrected chi connectivity index (χ3v) is 2.89. The first kappa shape index (κ1) is 11.3. The molecule has 0 aliphatic heterocycles. The summed E-state index contributed by atoms with van der Waals surface area (Å²) in [5.74, 6) is 0. The van der Waals surface area contributed by atoms with Gasteiger partial charge in [0.15, 0.2) is 0 Å². The number of carbonyl (C=O) groups is 1. The van der Waals surface area contributed by atoms with Gasteiger partial charge in [0.05, 0.1) is 17.6 Å². The monoisotopic (exact) mass is 249 g/mol. The van der Waals surface area contributed by atoms with Crippen LogP contribution in [-0.4, -0.2) is 21.3 Å². The summed E-state index contributed by atoms with van der Waals surface area (Å²) in [5, 5.41) is 8.06. The molecule has 0 N–H and O–H groups in total. The highest BCUT2D eigenvalue weighted by atomic mass is 16.1. The van der Waals surface area contributed by atoms with Gasteiger partial charge in [-0.05, 0) is 24.3 Å². The number of nitrogens with zero attached hydrogens (tertiary/aromatic N) is 3. The summed E-state index contributed by atoms with van der Waals surface area (Å²) in [6.07, 6.45) is 2.55. The molecular weight excluding hydrogens is 238 g/mol. The molecule has 1 aromatic heterocycles. The highest BCUT2D eigenvalue weighted by Crippen LogP contribution is 2.20. The molecule has 0 radical (unpaired) electrons. The highest BCUT2D eigenvalue weighted by Gasteiger charge is 2.07. The Morgan fingerprint density at radius 1 is 0.947 bits per heavy atom. The van der Waals surface area contributed by atoms with Crippen LogP contribution in [0.15, 0.2) is 60.8 Å². The van der Waals surface area contributed by atoms with Crippen LogP contribution in [0.5, 0.6) is 0 Å². The molecule has 19 heavy (non-hydrogen) atoms. The molecule has 4 heteroatoms. The number of carbonyl (C=O) groups excluding carboxylic acids is 1. The Labute approximate surface area is 110 Å². The van der Waals surface area contributed by atoms with Crippen LogP contribution in [0.3, 0.4) is 0 Å². The first-order valence-corrected chi connectivity index (χ1v) is 5.90. The minimum absolute atomic E-state index is 0.644. The van der Waals surface area contributed by atoms with Crippen molar-refractivity contribution >= 4 is 6.29 Å². The number of hydrogen-bond acceptors (Lipinski definition) is 3. The van der Waals surface area contributed by atoms with Crippen molar-refractivity contribution in [2.75, 3.05) is 0 Å². The van der Waals surface area contributed by atoms with Gasteiger partial charge in [-0.1, -0.05) is 35.5 Å². The van der Waals surface area contributed by atoms with E-state index in [2.05, 4.69) is 10.3 Å². The lowest BCUT2D eigenvalue weighted by Gasteiger charge is -2.06. The molecule has 0 atom stereocenters. The van der Waals surface area contributed by atoms with E-state index in [1.54, 1.807) is 23.0 Å². The highest BCUT2D eigenvalue weighted by molar-refractivity contribution is 5.75. The minimum Gasteiger partial charge on any atom is -0.298 e. The summed E-state index contributed by atoms with van der Waals surface area (Å²) in [5.41, 5.74) is 3.48. The number of hydrogen-bond donors (Lipinski definition) is 0. The van der Waals surface area contributed by atoms with Gasteiger partial charge >= 0.3 is 0 Å². The summed E-state index contributed by atoms with van der Waals surface area (Å²) in [6, 6.07) is 17.2. The largest absolute Gasteiger partial charge is 0.298 e. The molecule has 0 saturated heterocycles. The topological polar surface area (TPSA) is 47.8 Å². The molecule has 92 valence electrons. The SMILES string of the molecule is O=Cc1ccc(-n2nncc2-c2ccccc2)cc1. The van der Waals surface area contributed by atoms with Crippen molar-refractivity contribution in [3.63, 3.8) is 0 Å². The zero-order valence-corrected chi connectivity index (χ0v) is 10.1. The zero-order valence-electron chi connectivity index (χ0n) is 10.1. The Hall–Kier alpha value is -2.75. The average molecular weight is 249 g/mol. The van der Waals surface area contributed by atoms with Crippen LogP contribution >= 0.6 is 0 Å². The second-order valence-corrected chi connectivity index (χ2v) is 4.11. The third-order valence-electron chi connectivity index (χ3n) is 2.89. The Balaban J connectivity index is 2.06. The van der Waals surface area contributed by atoms with E-state index in [1.165, 1.54) is 0 Å². The lowest BCUT2D eigenvalue weighted by atomic mass is 10.1. The van der Waals surface area contributed by atoms with Gasteiger partial charge in [0.1, 0.15) is 6.29 Å². The van der Waals surface area contributed by atoms with Crippen LogP contribution in [-0.2, 0) is 0 Å². The van der Waals surface area contributed by atoms with Gasteiger partial charge in [0.2, 0.25) is 0 Å². The Morgan fingerprint density at radius 3 is 2.37 bits per heavy atom. The van der Waals surface area contributed by atoms with Crippen molar-refractivity contribution < 1.29 is 4.79 Å². The zero-order chi connectivity index (χ0) is 13.1. The Bertz CT molecular complexity index is 687.